The van der Waals surface area contributed by atoms with Gasteiger partial charge in [0.15, 0.2) is 6.10 Å². The first kappa shape index (κ1) is 17.5. The van der Waals surface area contributed by atoms with E-state index in [4.69, 9.17) is 22.1 Å². The standard InChI is InChI=1S/C17H25ClN2O4/c1-9(2)12(13(21)20-15(19)23)24-14(22)16-4-10-3-11(5-16)7-17(18,6-10)8-16/h9-12H,3-8H2,1-2H3,(H3,19,20,21,23)/t10-,11+,12-,16?,17?/m1/s1. The van der Waals surface area contributed by atoms with Crippen molar-refractivity contribution in [2.45, 2.75) is 63.4 Å². The molecule has 6 nitrogen and oxygen atoms in total. The van der Waals surface area contributed by atoms with Crippen LogP contribution in [0.3, 0.4) is 0 Å². The van der Waals surface area contributed by atoms with E-state index in [2.05, 4.69) is 0 Å². The fourth-order valence-electron chi connectivity index (χ4n) is 5.31. The van der Waals surface area contributed by atoms with Crippen molar-refractivity contribution in [3.05, 3.63) is 0 Å². The number of nitrogens with two attached hydrogens (primary N) is 1. The number of imide groups is 1. The number of urea groups is 1. The maximum atomic E-state index is 13.0. The number of halogens is 1. The van der Waals surface area contributed by atoms with Crippen molar-refractivity contribution in [2.75, 3.05) is 0 Å². The number of esters is 1. The highest BCUT2D eigenvalue weighted by molar-refractivity contribution is 6.24. The molecule has 4 aliphatic rings. The predicted octanol–water partition coefficient (Wildman–Crippen LogP) is 2.33. The third kappa shape index (κ3) is 3.13. The number of nitrogens with one attached hydrogen (secondary N) is 1. The van der Waals surface area contributed by atoms with E-state index < -0.39 is 23.5 Å². The highest BCUT2D eigenvalue weighted by Crippen LogP contribution is 2.64. The van der Waals surface area contributed by atoms with Gasteiger partial charge in [-0.25, -0.2) is 4.79 Å². The monoisotopic (exact) mass is 356 g/mol. The van der Waals surface area contributed by atoms with Crippen LogP contribution in [0.1, 0.15) is 52.4 Å². The molecule has 3 amide bonds. The Labute approximate surface area is 146 Å². The Morgan fingerprint density at radius 2 is 1.75 bits per heavy atom. The van der Waals surface area contributed by atoms with Crippen LogP contribution in [-0.2, 0) is 14.3 Å². The van der Waals surface area contributed by atoms with Crippen LogP contribution in [0.25, 0.3) is 0 Å². The van der Waals surface area contributed by atoms with E-state index in [1.165, 1.54) is 0 Å². The van der Waals surface area contributed by atoms with Gasteiger partial charge in [0.25, 0.3) is 5.91 Å². The van der Waals surface area contributed by atoms with Gasteiger partial charge in [-0.15, -0.1) is 11.6 Å². The Balaban J connectivity index is 1.76. The van der Waals surface area contributed by atoms with Crippen LogP contribution < -0.4 is 11.1 Å². The largest absolute Gasteiger partial charge is 0.452 e. The van der Waals surface area contributed by atoms with E-state index in [0.29, 0.717) is 18.3 Å². The highest BCUT2D eigenvalue weighted by atomic mass is 35.5. The zero-order valence-corrected chi connectivity index (χ0v) is 14.9. The van der Waals surface area contributed by atoms with Crippen LogP contribution in [0.15, 0.2) is 0 Å². The van der Waals surface area contributed by atoms with Crippen molar-refractivity contribution in [1.82, 2.24) is 5.32 Å². The molecule has 3 N–H and O–H groups in total. The van der Waals surface area contributed by atoms with Crippen molar-refractivity contribution in [1.29, 1.82) is 0 Å². The molecule has 0 spiro atoms. The number of hydrogen-bond donors (Lipinski definition) is 2. The van der Waals surface area contributed by atoms with E-state index in [-0.39, 0.29) is 16.8 Å². The smallest absolute Gasteiger partial charge is 0.318 e. The van der Waals surface area contributed by atoms with Gasteiger partial charge in [-0.05, 0) is 56.3 Å². The van der Waals surface area contributed by atoms with Gasteiger partial charge < -0.3 is 10.5 Å². The molecule has 0 aliphatic heterocycles. The van der Waals surface area contributed by atoms with Crippen molar-refractivity contribution in [3.8, 4) is 0 Å². The normalized spacial score (nSPS) is 38.0. The van der Waals surface area contributed by atoms with Gasteiger partial charge >= 0.3 is 12.0 Å². The van der Waals surface area contributed by atoms with Crippen LogP contribution in [0, 0.1) is 23.2 Å². The molecule has 5 atom stereocenters. The molecule has 4 saturated carbocycles. The van der Waals surface area contributed by atoms with Crippen LogP contribution in [0.5, 0.6) is 0 Å². The third-order valence-corrected chi connectivity index (χ3v) is 6.21. The van der Waals surface area contributed by atoms with Crippen molar-refractivity contribution < 1.29 is 19.1 Å². The minimum Gasteiger partial charge on any atom is -0.452 e. The zero-order valence-electron chi connectivity index (χ0n) is 14.1. The maximum Gasteiger partial charge on any atom is 0.318 e. The molecule has 4 fully saturated rings. The second-order valence-corrected chi connectivity index (χ2v) is 9.12. The molecule has 2 unspecified atom stereocenters. The molecule has 4 rings (SSSR count). The fraction of sp³-hybridized carbons (Fsp3) is 0.824. The summed E-state index contributed by atoms with van der Waals surface area (Å²) >= 11 is 6.75. The molecule has 134 valence electrons. The van der Waals surface area contributed by atoms with E-state index in [1.54, 1.807) is 13.8 Å². The number of alkyl halides is 1. The first-order valence-electron chi connectivity index (χ1n) is 8.63. The number of amides is 3. The lowest BCUT2D eigenvalue weighted by atomic mass is 9.49. The summed E-state index contributed by atoms with van der Waals surface area (Å²) in [6.07, 6.45) is 4.25. The number of primary amides is 1. The van der Waals surface area contributed by atoms with Gasteiger partial charge in [-0.3, -0.25) is 14.9 Å². The molecule has 0 aromatic rings. The quantitative estimate of drug-likeness (QED) is 0.596. The first-order chi connectivity index (χ1) is 11.1. The predicted molar refractivity (Wildman–Crippen MR) is 88.1 cm³/mol. The van der Waals surface area contributed by atoms with Crippen LogP contribution in [-0.4, -0.2) is 28.9 Å². The lowest BCUT2D eigenvalue weighted by Crippen LogP contribution is -2.57. The maximum absolute atomic E-state index is 13.0. The van der Waals surface area contributed by atoms with Gasteiger partial charge in [0.1, 0.15) is 0 Å². The Bertz CT molecular complexity index is 563. The second-order valence-electron chi connectivity index (χ2n) is 8.32. The van der Waals surface area contributed by atoms with Crippen molar-refractivity contribution in [3.63, 3.8) is 0 Å². The summed E-state index contributed by atoms with van der Waals surface area (Å²) in [5.41, 5.74) is 4.42. The zero-order chi connectivity index (χ0) is 17.7. The Morgan fingerprint density at radius 1 is 1.17 bits per heavy atom. The van der Waals surface area contributed by atoms with Gasteiger partial charge in [-0.1, -0.05) is 13.8 Å². The van der Waals surface area contributed by atoms with Crippen molar-refractivity contribution in [2.24, 2.45) is 28.9 Å². The van der Waals surface area contributed by atoms with Crippen LogP contribution in [0.4, 0.5) is 4.79 Å². The molecule has 4 bridgehead atoms. The van der Waals surface area contributed by atoms with Gasteiger partial charge in [0.05, 0.1) is 5.41 Å². The molecule has 0 saturated heterocycles. The summed E-state index contributed by atoms with van der Waals surface area (Å²) in [5, 5.41) is 2.01. The average Bonchev–Trinajstić information content (AvgIpc) is 2.40. The minimum absolute atomic E-state index is 0.257. The van der Waals surface area contributed by atoms with Gasteiger partial charge in [-0.2, -0.15) is 0 Å². The SMILES string of the molecule is CC(C)[C@@H](OC(=O)C12C[C@@H]3C[C@@H](CC(Cl)(C3)C1)C2)C(=O)NC(N)=O. The summed E-state index contributed by atoms with van der Waals surface area (Å²) < 4.78 is 5.59. The van der Waals surface area contributed by atoms with Gasteiger partial charge in [0, 0.05) is 4.87 Å². The lowest BCUT2D eigenvalue weighted by Gasteiger charge is -2.58. The number of carbonyl (C=O) groups excluding carboxylic acids is 3. The number of ether oxygens (including phenoxy) is 1. The Kier molecular flexibility index (Phi) is 4.31. The summed E-state index contributed by atoms with van der Waals surface area (Å²) in [4.78, 5) is 35.7. The minimum atomic E-state index is -1.02. The molecule has 4 aliphatic carbocycles. The summed E-state index contributed by atoms with van der Waals surface area (Å²) in [6.45, 7) is 3.53. The number of rotatable bonds is 4. The Hall–Kier alpha value is -1.30. The summed E-state index contributed by atoms with van der Waals surface area (Å²) in [6, 6.07) is -0.948. The topological polar surface area (TPSA) is 98.5 Å². The van der Waals surface area contributed by atoms with E-state index >= 15 is 0 Å². The van der Waals surface area contributed by atoms with E-state index in [1.807, 2.05) is 5.32 Å². The molecular weight excluding hydrogens is 332 g/mol. The number of carbonyl (C=O) groups is 3. The van der Waals surface area contributed by atoms with E-state index in [9.17, 15) is 14.4 Å². The molecular formula is C17H25ClN2O4. The second kappa shape index (κ2) is 5.90. The first-order valence-corrected chi connectivity index (χ1v) is 9.01. The molecule has 0 aromatic heterocycles. The Morgan fingerprint density at radius 3 is 2.21 bits per heavy atom. The van der Waals surface area contributed by atoms with E-state index in [0.717, 1.165) is 32.1 Å². The van der Waals surface area contributed by atoms with Crippen LogP contribution >= 0.6 is 11.6 Å². The highest BCUT2D eigenvalue weighted by Gasteiger charge is 2.61. The summed E-state index contributed by atoms with van der Waals surface area (Å²) in [5.74, 6) is -0.343. The fourth-order valence-corrected chi connectivity index (χ4v) is 6.01. The molecule has 0 heterocycles. The summed E-state index contributed by atoms with van der Waals surface area (Å²) in [7, 11) is 0. The molecule has 24 heavy (non-hydrogen) atoms. The third-order valence-electron chi connectivity index (χ3n) is 5.77. The van der Waals surface area contributed by atoms with Crippen LogP contribution in [0.2, 0.25) is 0 Å². The molecule has 0 aromatic carbocycles. The number of hydrogen-bond acceptors (Lipinski definition) is 4. The van der Waals surface area contributed by atoms with Crippen molar-refractivity contribution >= 4 is 29.5 Å². The average molecular weight is 357 g/mol. The van der Waals surface area contributed by atoms with Gasteiger partial charge in [0.2, 0.25) is 0 Å². The molecule has 7 heteroatoms. The molecule has 0 radical (unpaired) electrons. The lowest BCUT2D eigenvalue weighted by molar-refractivity contribution is -0.180.